The Morgan fingerprint density at radius 3 is 2.34 bits per heavy atom. The van der Waals surface area contributed by atoms with Gasteiger partial charge in [-0.05, 0) is 65.7 Å². The number of carbonyl (C=O) groups is 2. The molecule has 9 nitrogen and oxygen atoms in total. The zero-order chi connectivity index (χ0) is 25.2. The SMILES string of the molecule is COC1C(OC(=O)N[C@H]2CC[C@H](NC(=O)CNI)CC2)CC[C@]2(CO2)C1C1(C)O[C@@H]1CC=C(C)C. The predicted octanol–water partition coefficient (Wildman–Crippen LogP) is 3.16. The highest BCUT2D eigenvalue weighted by atomic mass is 127. The molecule has 2 amide bonds. The third-order valence-electron chi connectivity index (χ3n) is 8.14. The standard InChI is InChI=1S/C25H40IN3O6/c1-15(2)5-10-19-24(3,35-19)22-21(32-4)18(11-12-25(22)14-33-25)34-23(31)29-17-8-6-16(7-9-17)28-20(30)13-27-26/h5,16-19,21-22,27H,6-14H2,1-4H3,(H,28,30)(H,29,31)/t16-,17-,18?,19-,21?,22?,24?,25+/m1/s1. The largest absolute Gasteiger partial charge is 0.443 e. The Kier molecular flexibility index (Phi) is 8.67. The van der Waals surface area contributed by atoms with E-state index in [0.29, 0.717) is 19.6 Å². The molecule has 10 heteroatoms. The fourth-order valence-corrected chi connectivity index (χ4v) is 6.48. The zero-order valence-electron chi connectivity index (χ0n) is 21.2. The molecule has 2 saturated carbocycles. The molecule has 4 unspecified atom stereocenters. The Morgan fingerprint density at radius 2 is 1.77 bits per heavy atom. The van der Waals surface area contributed by atoms with Crippen molar-refractivity contribution in [2.24, 2.45) is 5.92 Å². The van der Waals surface area contributed by atoms with E-state index in [9.17, 15) is 9.59 Å². The second kappa shape index (κ2) is 11.2. The number of allylic oxidation sites excluding steroid dienone is 1. The van der Waals surface area contributed by atoms with Gasteiger partial charge in [0, 0.05) is 42.1 Å². The van der Waals surface area contributed by atoms with E-state index >= 15 is 0 Å². The molecule has 2 aliphatic carbocycles. The Hall–Kier alpha value is -0.950. The molecule has 2 heterocycles. The highest BCUT2D eigenvalue weighted by molar-refractivity contribution is 14.1. The quantitative estimate of drug-likeness (QED) is 0.160. The number of alkyl carbamates (subject to hydrolysis) is 1. The lowest BCUT2D eigenvalue weighted by atomic mass is 9.68. The normalized spacial score (nSPS) is 40.0. The van der Waals surface area contributed by atoms with Gasteiger partial charge in [-0.2, -0.15) is 0 Å². The monoisotopic (exact) mass is 605 g/mol. The van der Waals surface area contributed by atoms with E-state index in [1.807, 2.05) is 22.9 Å². The minimum absolute atomic E-state index is 0.00141. The van der Waals surface area contributed by atoms with Crippen LogP contribution in [0.15, 0.2) is 11.6 Å². The molecule has 6 atom stereocenters. The van der Waals surface area contributed by atoms with Crippen molar-refractivity contribution in [1.82, 2.24) is 14.2 Å². The smallest absolute Gasteiger partial charge is 0.407 e. The highest BCUT2D eigenvalue weighted by Gasteiger charge is 2.72. The van der Waals surface area contributed by atoms with Gasteiger partial charge in [0.2, 0.25) is 5.91 Å². The summed E-state index contributed by atoms with van der Waals surface area (Å²) in [6.07, 6.45) is 7.03. The zero-order valence-corrected chi connectivity index (χ0v) is 23.4. The van der Waals surface area contributed by atoms with Gasteiger partial charge in [0.1, 0.15) is 23.4 Å². The van der Waals surface area contributed by atoms with Gasteiger partial charge in [-0.1, -0.05) is 11.6 Å². The number of rotatable bonds is 9. The van der Waals surface area contributed by atoms with Gasteiger partial charge in [0.05, 0.1) is 25.2 Å². The van der Waals surface area contributed by atoms with Gasteiger partial charge in [-0.25, -0.2) is 4.79 Å². The molecule has 35 heavy (non-hydrogen) atoms. The summed E-state index contributed by atoms with van der Waals surface area (Å²) in [5.41, 5.74) is 0.692. The summed E-state index contributed by atoms with van der Waals surface area (Å²) in [4.78, 5) is 24.6. The first-order chi connectivity index (χ1) is 16.7. The van der Waals surface area contributed by atoms with Crippen LogP contribution in [0.3, 0.4) is 0 Å². The summed E-state index contributed by atoms with van der Waals surface area (Å²) in [5.74, 6) is 0.0136. The van der Waals surface area contributed by atoms with E-state index in [0.717, 1.165) is 38.5 Å². The Bertz CT molecular complexity index is 809. The molecule has 0 radical (unpaired) electrons. The lowest BCUT2D eigenvalue weighted by Gasteiger charge is -2.42. The number of hydrogen-bond acceptors (Lipinski definition) is 7. The number of hydrogen-bond donors (Lipinski definition) is 3. The molecule has 0 aromatic rings. The second-order valence-electron chi connectivity index (χ2n) is 10.9. The summed E-state index contributed by atoms with van der Waals surface area (Å²) >= 11 is 1.96. The summed E-state index contributed by atoms with van der Waals surface area (Å²) in [5, 5.41) is 6.08. The molecular formula is C25H40IN3O6. The number of methoxy groups -OCH3 is 1. The van der Waals surface area contributed by atoms with Crippen LogP contribution in [0.5, 0.6) is 0 Å². The summed E-state index contributed by atoms with van der Waals surface area (Å²) in [6, 6.07) is 0.209. The maximum Gasteiger partial charge on any atom is 0.407 e. The molecule has 2 aliphatic heterocycles. The van der Waals surface area contributed by atoms with E-state index in [4.69, 9.17) is 18.9 Å². The Morgan fingerprint density at radius 1 is 1.11 bits per heavy atom. The van der Waals surface area contributed by atoms with Crippen LogP contribution in [-0.4, -0.2) is 73.9 Å². The second-order valence-corrected chi connectivity index (χ2v) is 11.7. The van der Waals surface area contributed by atoms with Crippen molar-refractivity contribution >= 4 is 34.9 Å². The van der Waals surface area contributed by atoms with Gasteiger partial charge in [0.25, 0.3) is 0 Å². The molecule has 0 bridgehead atoms. The van der Waals surface area contributed by atoms with Crippen LogP contribution in [0.25, 0.3) is 0 Å². The first-order valence-corrected chi connectivity index (χ1v) is 13.9. The average molecular weight is 606 g/mol. The van der Waals surface area contributed by atoms with Crippen molar-refractivity contribution in [3.8, 4) is 0 Å². The number of ether oxygens (including phenoxy) is 4. The number of amides is 2. The Balaban J connectivity index is 1.30. The lowest BCUT2D eigenvalue weighted by Crippen LogP contribution is -2.56. The number of epoxide rings is 2. The first-order valence-electron chi connectivity index (χ1n) is 12.8. The minimum Gasteiger partial charge on any atom is -0.443 e. The van der Waals surface area contributed by atoms with E-state index < -0.39 is 6.09 Å². The van der Waals surface area contributed by atoms with Gasteiger partial charge in [-0.15, -0.1) is 0 Å². The summed E-state index contributed by atoms with van der Waals surface area (Å²) in [6.45, 7) is 7.35. The van der Waals surface area contributed by atoms with Gasteiger partial charge >= 0.3 is 6.09 Å². The Labute approximate surface area is 222 Å². The first kappa shape index (κ1) is 27.1. The van der Waals surface area contributed by atoms with Crippen molar-refractivity contribution in [2.75, 3.05) is 20.3 Å². The van der Waals surface area contributed by atoms with Crippen LogP contribution in [0.1, 0.15) is 65.7 Å². The predicted molar refractivity (Wildman–Crippen MR) is 139 cm³/mol. The number of halogens is 1. The molecule has 4 fully saturated rings. The lowest BCUT2D eigenvalue weighted by molar-refractivity contribution is -0.120. The van der Waals surface area contributed by atoms with Gasteiger partial charge in [-0.3, -0.25) is 8.32 Å². The van der Waals surface area contributed by atoms with Crippen LogP contribution in [0.4, 0.5) is 4.79 Å². The molecule has 0 aromatic heterocycles. The summed E-state index contributed by atoms with van der Waals surface area (Å²) < 4.78 is 27.0. The average Bonchev–Trinajstić information content (AvgIpc) is 3.72. The molecule has 2 saturated heterocycles. The molecule has 4 rings (SSSR count). The minimum atomic E-state index is -0.395. The van der Waals surface area contributed by atoms with Gasteiger partial charge in [0.15, 0.2) is 0 Å². The van der Waals surface area contributed by atoms with E-state index in [-0.39, 0.29) is 53.4 Å². The van der Waals surface area contributed by atoms with Gasteiger partial charge < -0.3 is 29.6 Å². The topological polar surface area (TPSA) is 114 Å². The molecule has 3 N–H and O–H groups in total. The van der Waals surface area contributed by atoms with Crippen molar-refractivity contribution in [1.29, 1.82) is 0 Å². The maximum atomic E-state index is 12.8. The fraction of sp³-hybridized carbons (Fsp3) is 0.840. The summed E-state index contributed by atoms with van der Waals surface area (Å²) in [7, 11) is 1.69. The van der Waals surface area contributed by atoms with E-state index in [2.05, 4.69) is 41.0 Å². The molecule has 198 valence electrons. The third kappa shape index (κ3) is 6.31. The van der Waals surface area contributed by atoms with Crippen LogP contribution in [0, 0.1) is 5.92 Å². The highest BCUT2D eigenvalue weighted by Crippen LogP contribution is 2.59. The van der Waals surface area contributed by atoms with Crippen LogP contribution < -0.4 is 14.2 Å². The molecule has 4 aliphatic rings. The van der Waals surface area contributed by atoms with E-state index in [1.165, 1.54) is 5.57 Å². The molecule has 1 spiro atoms. The van der Waals surface area contributed by atoms with Crippen molar-refractivity contribution in [2.45, 2.75) is 107 Å². The van der Waals surface area contributed by atoms with E-state index in [1.54, 1.807) is 7.11 Å². The van der Waals surface area contributed by atoms with Crippen molar-refractivity contribution in [3.63, 3.8) is 0 Å². The maximum absolute atomic E-state index is 12.8. The van der Waals surface area contributed by atoms with Crippen LogP contribution >= 0.6 is 22.9 Å². The fourth-order valence-electron chi connectivity index (χ4n) is 6.13. The van der Waals surface area contributed by atoms with Crippen molar-refractivity contribution in [3.05, 3.63) is 11.6 Å². The number of nitrogens with one attached hydrogen (secondary N) is 3. The van der Waals surface area contributed by atoms with Crippen molar-refractivity contribution < 1.29 is 28.5 Å². The van der Waals surface area contributed by atoms with Crippen LogP contribution in [-0.2, 0) is 23.7 Å². The molecule has 0 aromatic carbocycles. The van der Waals surface area contributed by atoms with Crippen LogP contribution in [0.2, 0.25) is 0 Å². The third-order valence-corrected chi connectivity index (χ3v) is 8.52. The number of carbonyl (C=O) groups excluding carboxylic acids is 2. The molecular weight excluding hydrogens is 565 g/mol.